The summed E-state index contributed by atoms with van der Waals surface area (Å²) in [5.74, 6) is -1.67. The maximum absolute atomic E-state index is 13.5. The Balaban J connectivity index is 1.79. The number of aromatic nitrogens is 2. The van der Waals surface area contributed by atoms with E-state index in [1.54, 1.807) is 0 Å². The summed E-state index contributed by atoms with van der Waals surface area (Å²) in [7, 11) is 2.86. The first-order valence-corrected chi connectivity index (χ1v) is 9.90. The molecule has 0 spiro atoms. The van der Waals surface area contributed by atoms with Crippen LogP contribution in [0.5, 0.6) is 0 Å². The quantitative estimate of drug-likeness (QED) is 0.572. The van der Waals surface area contributed by atoms with Crippen molar-refractivity contribution >= 4 is 11.8 Å². The summed E-state index contributed by atoms with van der Waals surface area (Å²) in [4.78, 5) is 49.5. The number of hydrogen-bond donors (Lipinski definition) is 2. The minimum Gasteiger partial charge on any atom is -0.349 e. The number of nitrogens with zero attached hydrogens (tertiary/aromatic N) is 2. The normalized spacial score (nSPS) is 11.6. The second-order valence-electron chi connectivity index (χ2n) is 7.32. The van der Waals surface area contributed by atoms with Crippen molar-refractivity contribution < 1.29 is 14.0 Å². The molecule has 166 valence electrons. The zero-order valence-electron chi connectivity index (χ0n) is 17.7. The van der Waals surface area contributed by atoms with Crippen molar-refractivity contribution in [2.45, 2.75) is 19.0 Å². The van der Waals surface area contributed by atoms with Crippen molar-refractivity contribution in [3.05, 3.63) is 104 Å². The van der Waals surface area contributed by atoms with Crippen LogP contribution in [0.4, 0.5) is 4.39 Å². The van der Waals surface area contributed by atoms with Gasteiger partial charge in [0.05, 0.1) is 6.54 Å². The summed E-state index contributed by atoms with van der Waals surface area (Å²) < 4.78 is 15.7. The molecule has 3 rings (SSSR count). The molecule has 3 aromatic rings. The molecule has 2 N–H and O–H groups in total. The Labute approximate surface area is 183 Å². The molecule has 0 radical (unpaired) electrons. The maximum Gasteiger partial charge on any atom is 0.330 e. The van der Waals surface area contributed by atoms with Crippen LogP contribution in [-0.4, -0.2) is 27.0 Å². The van der Waals surface area contributed by atoms with Gasteiger partial charge in [0, 0.05) is 37.8 Å². The smallest absolute Gasteiger partial charge is 0.330 e. The van der Waals surface area contributed by atoms with Gasteiger partial charge in [0.25, 0.3) is 11.5 Å². The fourth-order valence-electron chi connectivity index (χ4n) is 3.18. The second-order valence-corrected chi connectivity index (χ2v) is 7.32. The third-order valence-electron chi connectivity index (χ3n) is 5.06. The first-order valence-electron chi connectivity index (χ1n) is 9.90. The van der Waals surface area contributed by atoms with Gasteiger partial charge in [-0.2, -0.15) is 0 Å². The van der Waals surface area contributed by atoms with Crippen LogP contribution in [0.25, 0.3) is 0 Å². The molecule has 0 aliphatic rings. The zero-order chi connectivity index (χ0) is 23.3. The minimum absolute atomic E-state index is 0.0816. The van der Waals surface area contributed by atoms with Crippen LogP contribution < -0.4 is 21.9 Å². The Hall–Kier alpha value is -4.01. The highest BCUT2D eigenvalue weighted by Gasteiger charge is 2.22. The van der Waals surface area contributed by atoms with E-state index < -0.39 is 34.9 Å². The average Bonchev–Trinajstić information content (AvgIpc) is 2.79. The van der Waals surface area contributed by atoms with Gasteiger partial charge in [-0.05, 0) is 23.8 Å². The number of carbonyl (C=O) groups is 2. The van der Waals surface area contributed by atoms with Crippen molar-refractivity contribution in [3.63, 3.8) is 0 Å². The molecule has 0 saturated carbocycles. The number of hydrogen-bond acceptors (Lipinski definition) is 4. The summed E-state index contributed by atoms with van der Waals surface area (Å²) in [5, 5.41) is 5.31. The largest absolute Gasteiger partial charge is 0.349 e. The number of nitrogens with one attached hydrogen (secondary N) is 2. The first-order chi connectivity index (χ1) is 15.3. The molecule has 0 fully saturated rings. The number of rotatable bonds is 7. The predicted molar refractivity (Wildman–Crippen MR) is 117 cm³/mol. The molecule has 2 aromatic carbocycles. The Morgan fingerprint density at radius 2 is 1.69 bits per heavy atom. The molecule has 1 aromatic heterocycles. The van der Waals surface area contributed by atoms with Crippen LogP contribution in [0.2, 0.25) is 0 Å². The van der Waals surface area contributed by atoms with Crippen LogP contribution in [-0.2, 0) is 31.9 Å². The van der Waals surface area contributed by atoms with Crippen molar-refractivity contribution in [2.75, 3.05) is 0 Å². The van der Waals surface area contributed by atoms with Gasteiger partial charge in [-0.15, -0.1) is 0 Å². The zero-order valence-corrected chi connectivity index (χ0v) is 17.7. The molecule has 1 atom stereocenters. The van der Waals surface area contributed by atoms with E-state index in [1.165, 1.54) is 42.9 Å². The molecule has 0 saturated heterocycles. The number of carbonyl (C=O) groups excluding carboxylic acids is 2. The van der Waals surface area contributed by atoms with Gasteiger partial charge in [-0.3, -0.25) is 23.5 Å². The fraction of sp³-hybridized carbons (Fsp3) is 0.217. The average molecular weight is 438 g/mol. The minimum atomic E-state index is -0.961. The van der Waals surface area contributed by atoms with Crippen LogP contribution in [0.3, 0.4) is 0 Å². The summed E-state index contributed by atoms with van der Waals surface area (Å²) in [6, 6.07) is 14.6. The molecule has 0 unspecified atom stereocenters. The van der Waals surface area contributed by atoms with Gasteiger partial charge in [-0.25, -0.2) is 9.18 Å². The molecular weight excluding hydrogens is 415 g/mol. The molecule has 0 bridgehead atoms. The molecule has 8 nitrogen and oxygen atoms in total. The molecule has 2 amide bonds. The highest BCUT2D eigenvalue weighted by atomic mass is 19.1. The van der Waals surface area contributed by atoms with E-state index in [0.29, 0.717) is 5.69 Å². The lowest BCUT2D eigenvalue weighted by molar-refractivity contribution is -0.123. The number of benzene rings is 2. The summed E-state index contributed by atoms with van der Waals surface area (Å²) in [5.41, 5.74) is 0.221. The van der Waals surface area contributed by atoms with E-state index in [0.717, 1.165) is 16.2 Å². The van der Waals surface area contributed by atoms with Crippen LogP contribution >= 0.6 is 0 Å². The van der Waals surface area contributed by atoms with E-state index in [9.17, 15) is 23.6 Å². The van der Waals surface area contributed by atoms with Crippen molar-refractivity contribution in [1.82, 2.24) is 19.8 Å². The SMILES string of the molecule is Cn1c(CNC(=O)[C@H](Cc2ccccc2)NC(=O)c2cccc(F)c2)cc(=O)n(C)c1=O. The molecule has 32 heavy (non-hydrogen) atoms. The Morgan fingerprint density at radius 3 is 2.38 bits per heavy atom. The van der Waals surface area contributed by atoms with E-state index in [1.807, 2.05) is 30.3 Å². The van der Waals surface area contributed by atoms with Crippen LogP contribution in [0.1, 0.15) is 21.6 Å². The van der Waals surface area contributed by atoms with E-state index >= 15 is 0 Å². The summed E-state index contributed by atoms with van der Waals surface area (Å²) in [6.07, 6.45) is 0.198. The second kappa shape index (κ2) is 9.86. The van der Waals surface area contributed by atoms with Gasteiger partial charge in [0.1, 0.15) is 11.9 Å². The summed E-state index contributed by atoms with van der Waals surface area (Å²) in [6.45, 7) is -0.0816. The van der Waals surface area contributed by atoms with Gasteiger partial charge in [-0.1, -0.05) is 36.4 Å². The van der Waals surface area contributed by atoms with Gasteiger partial charge in [0.15, 0.2) is 0 Å². The van der Waals surface area contributed by atoms with Crippen molar-refractivity contribution in [2.24, 2.45) is 14.1 Å². The Kier molecular flexibility index (Phi) is 6.99. The third kappa shape index (κ3) is 5.37. The Morgan fingerprint density at radius 1 is 0.969 bits per heavy atom. The maximum atomic E-state index is 13.5. The third-order valence-corrected chi connectivity index (χ3v) is 5.06. The lowest BCUT2D eigenvalue weighted by Gasteiger charge is -2.19. The lowest BCUT2D eigenvalue weighted by Crippen LogP contribution is -2.48. The standard InChI is InChI=1S/C23H23FN4O4/c1-27-18(13-20(29)28(2)23(27)32)14-25-22(31)19(11-15-7-4-3-5-8-15)26-21(30)16-9-6-10-17(24)12-16/h3-10,12-13,19H,11,14H2,1-2H3,(H,25,31)(H,26,30)/t19-/m0/s1. The lowest BCUT2D eigenvalue weighted by atomic mass is 10.0. The van der Waals surface area contributed by atoms with Crippen molar-refractivity contribution in [1.29, 1.82) is 0 Å². The molecule has 0 aliphatic carbocycles. The fourth-order valence-corrected chi connectivity index (χ4v) is 3.18. The molecule has 9 heteroatoms. The molecule has 0 aliphatic heterocycles. The predicted octanol–water partition coefficient (Wildman–Crippen LogP) is 0.881. The Bertz CT molecular complexity index is 1250. The highest BCUT2D eigenvalue weighted by molar-refractivity contribution is 5.97. The number of amides is 2. The number of halogens is 1. The van der Waals surface area contributed by atoms with Crippen molar-refractivity contribution in [3.8, 4) is 0 Å². The van der Waals surface area contributed by atoms with E-state index in [2.05, 4.69) is 10.6 Å². The molecular formula is C23H23FN4O4. The van der Waals surface area contributed by atoms with Crippen LogP contribution in [0.15, 0.2) is 70.3 Å². The first kappa shape index (κ1) is 22.7. The monoisotopic (exact) mass is 438 g/mol. The van der Waals surface area contributed by atoms with E-state index in [-0.39, 0.29) is 18.5 Å². The van der Waals surface area contributed by atoms with Crippen LogP contribution in [0, 0.1) is 5.82 Å². The topological polar surface area (TPSA) is 102 Å². The van der Waals surface area contributed by atoms with Gasteiger partial charge < -0.3 is 10.6 Å². The van der Waals surface area contributed by atoms with Gasteiger partial charge in [0.2, 0.25) is 5.91 Å². The highest BCUT2D eigenvalue weighted by Crippen LogP contribution is 2.07. The molecule has 1 heterocycles. The summed E-state index contributed by atoms with van der Waals surface area (Å²) >= 11 is 0. The van der Waals surface area contributed by atoms with E-state index in [4.69, 9.17) is 0 Å². The van der Waals surface area contributed by atoms with Gasteiger partial charge >= 0.3 is 5.69 Å².